The third-order valence-corrected chi connectivity index (χ3v) is 2.29. The van der Waals surface area contributed by atoms with Crippen molar-refractivity contribution in [2.24, 2.45) is 0 Å². The molecule has 2 heteroatoms. The van der Waals surface area contributed by atoms with Crippen molar-refractivity contribution in [2.45, 2.75) is 25.7 Å². The smallest absolute Gasteiger partial charge is 0.221 e. The summed E-state index contributed by atoms with van der Waals surface area (Å²) in [4.78, 5) is 10.9. The molecular weight excluding hydrogens is 162 g/mol. The van der Waals surface area contributed by atoms with Crippen LogP contribution in [0, 0.1) is 0 Å². The molecule has 0 saturated heterocycles. The summed E-state index contributed by atoms with van der Waals surface area (Å²) in [6, 6.07) is 8.05. The lowest BCUT2D eigenvalue weighted by atomic mass is 10.1. The first kappa shape index (κ1) is 8.30. The first-order valence-corrected chi connectivity index (χ1v) is 4.64. The fraction of sp³-hybridized carbons (Fsp3) is 0.364. The van der Waals surface area contributed by atoms with Gasteiger partial charge in [-0.3, -0.25) is 4.79 Å². The van der Waals surface area contributed by atoms with E-state index >= 15 is 0 Å². The molecule has 0 bridgehead atoms. The average molecular weight is 175 g/mol. The SMILES string of the molecule is CC(=O)Nc1ccccc1C1CC1. The maximum absolute atomic E-state index is 10.9. The fourth-order valence-corrected chi connectivity index (χ4v) is 1.55. The van der Waals surface area contributed by atoms with Crippen molar-refractivity contribution in [2.75, 3.05) is 5.32 Å². The zero-order valence-corrected chi connectivity index (χ0v) is 7.71. The molecule has 0 aromatic heterocycles. The Balaban J connectivity index is 2.26. The van der Waals surface area contributed by atoms with Crippen molar-refractivity contribution in [1.29, 1.82) is 0 Å². The van der Waals surface area contributed by atoms with Gasteiger partial charge in [0.1, 0.15) is 0 Å². The number of carbonyl (C=O) groups excluding carboxylic acids is 1. The van der Waals surface area contributed by atoms with E-state index in [1.54, 1.807) is 6.92 Å². The van der Waals surface area contributed by atoms with E-state index in [0.29, 0.717) is 5.92 Å². The molecule has 2 nitrogen and oxygen atoms in total. The van der Waals surface area contributed by atoms with Crippen LogP contribution in [0.2, 0.25) is 0 Å². The summed E-state index contributed by atoms with van der Waals surface area (Å²) in [5.41, 5.74) is 2.27. The van der Waals surface area contributed by atoms with Gasteiger partial charge in [0, 0.05) is 12.6 Å². The average Bonchev–Trinajstić information content (AvgIpc) is 2.87. The molecule has 2 rings (SSSR count). The Bertz CT molecular complexity index is 329. The van der Waals surface area contributed by atoms with Gasteiger partial charge in [-0.25, -0.2) is 0 Å². The molecule has 0 heterocycles. The molecule has 0 atom stereocenters. The Morgan fingerprint density at radius 3 is 2.69 bits per heavy atom. The van der Waals surface area contributed by atoms with Crippen LogP contribution >= 0.6 is 0 Å². The number of para-hydroxylation sites is 1. The van der Waals surface area contributed by atoms with Crippen molar-refractivity contribution < 1.29 is 4.79 Å². The number of hydrogen-bond acceptors (Lipinski definition) is 1. The number of hydrogen-bond donors (Lipinski definition) is 1. The summed E-state index contributed by atoms with van der Waals surface area (Å²) in [6.07, 6.45) is 2.52. The summed E-state index contributed by atoms with van der Waals surface area (Å²) < 4.78 is 0. The highest BCUT2D eigenvalue weighted by atomic mass is 16.1. The van der Waals surface area contributed by atoms with Gasteiger partial charge >= 0.3 is 0 Å². The zero-order valence-electron chi connectivity index (χ0n) is 7.71. The lowest BCUT2D eigenvalue weighted by Gasteiger charge is -2.07. The Labute approximate surface area is 78.0 Å². The molecule has 1 amide bonds. The molecule has 13 heavy (non-hydrogen) atoms. The topological polar surface area (TPSA) is 29.1 Å². The molecule has 0 radical (unpaired) electrons. The van der Waals surface area contributed by atoms with E-state index in [-0.39, 0.29) is 5.91 Å². The number of benzene rings is 1. The predicted molar refractivity (Wildman–Crippen MR) is 52.7 cm³/mol. The maximum Gasteiger partial charge on any atom is 0.221 e. The minimum absolute atomic E-state index is 0.00750. The molecule has 1 aliphatic rings. The van der Waals surface area contributed by atoms with Crippen LogP contribution in [-0.4, -0.2) is 5.91 Å². The zero-order chi connectivity index (χ0) is 9.26. The molecule has 68 valence electrons. The number of amides is 1. The summed E-state index contributed by atoms with van der Waals surface area (Å²) in [6.45, 7) is 1.55. The van der Waals surface area contributed by atoms with Crippen LogP contribution in [-0.2, 0) is 4.79 Å². The van der Waals surface area contributed by atoms with E-state index in [4.69, 9.17) is 0 Å². The second kappa shape index (κ2) is 3.21. The molecular formula is C11H13NO. The van der Waals surface area contributed by atoms with Crippen LogP contribution in [0.5, 0.6) is 0 Å². The first-order chi connectivity index (χ1) is 6.27. The second-order valence-electron chi connectivity index (χ2n) is 3.54. The van der Waals surface area contributed by atoms with Crippen molar-refractivity contribution in [3.05, 3.63) is 29.8 Å². The monoisotopic (exact) mass is 175 g/mol. The molecule has 1 N–H and O–H groups in total. The third-order valence-electron chi connectivity index (χ3n) is 2.29. The van der Waals surface area contributed by atoms with E-state index in [0.717, 1.165) is 5.69 Å². The van der Waals surface area contributed by atoms with Gasteiger partial charge in [-0.2, -0.15) is 0 Å². The molecule has 1 aromatic carbocycles. The quantitative estimate of drug-likeness (QED) is 0.735. The summed E-state index contributed by atoms with van der Waals surface area (Å²) >= 11 is 0. The van der Waals surface area contributed by atoms with Gasteiger partial charge in [0.15, 0.2) is 0 Å². The number of anilines is 1. The Hall–Kier alpha value is -1.31. The Morgan fingerprint density at radius 2 is 2.08 bits per heavy atom. The van der Waals surface area contributed by atoms with Crippen LogP contribution in [0.3, 0.4) is 0 Å². The Morgan fingerprint density at radius 1 is 1.38 bits per heavy atom. The van der Waals surface area contributed by atoms with Crippen molar-refractivity contribution in [3.63, 3.8) is 0 Å². The molecule has 1 aliphatic carbocycles. The van der Waals surface area contributed by atoms with Gasteiger partial charge < -0.3 is 5.32 Å². The van der Waals surface area contributed by atoms with Gasteiger partial charge in [-0.05, 0) is 30.4 Å². The molecule has 1 saturated carbocycles. The van der Waals surface area contributed by atoms with E-state index in [1.165, 1.54) is 18.4 Å². The standard InChI is InChI=1S/C11H13NO/c1-8(13)12-11-5-3-2-4-10(11)9-6-7-9/h2-5,9H,6-7H2,1H3,(H,12,13). The molecule has 0 spiro atoms. The maximum atomic E-state index is 10.9. The summed E-state index contributed by atoms with van der Waals surface area (Å²) in [5, 5.41) is 2.86. The van der Waals surface area contributed by atoms with Crippen molar-refractivity contribution in [1.82, 2.24) is 0 Å². The molecule has 0 aliphatic heterocycles. The highest BCUT2D eigenvalue weighted by molar-refractivity contribution is 5.89. The lowest BCUT2D eigenvalue weighted by molar-refractivity contribution is -0.114. The highest BCUT2D eigenvalue weighted by Crippen LogP contribution is 2.43. The van der Waals surface area contributed by atoms with Gasteiger partial charge in [0.2, 0.25) is 5.91 Å². The summed E-state index contributed by atoms with van der Waals surface area (Å²) in [7, 11) is 0. The molecule has 1 fully saturated rings. The molecule has 1 aromatic rings. The minimum atomic E-state index is 0.00750. The molecule has 0 unspecified atom stereocenters. The third kappa shape index (κ3) is 1.89. The van der Waals surface area contributed by atoms with Crippen LogP contribution in [0.4, 0.5) is 5.69 Å². The normalized spacial score (nSPS) is 15.5. The van der Waals surface area contributed by atoms with E-state index < -0.39 is 0 Å². The fourth-order valence-electron chi connectivity index (χ4n) is 1.55. The minimum Gasteiger partial charge on any atom is -0.326 e. The van der Waals surface area contributed by atoms with Crippen LogP contribution in [0.15, 0.2) is 24.3 Å². The largest absolute Gasteiger partial charge is 0.326 e. The first-order valence-electron chi connectivity index (χ1n) is 4.64. The van der Waals surface area contributed by atoms with E-state index in [9.17, 15) is 4.79 Å². The van der Waals surface area contributed by atoms with Gasteiger partial charge in [-0.15, -0.1) is 0 Å². The highest BCUT2D eigenvalue weighted by Gasteiger charge is 2.25. The van der Waals surface area contributed by atoms with Crippen LogP contribution in [0.1, 0.15) is 31.2 Å². The number of nitrogens with one attached hydrogen (secondary N) is 1. The second-order valence-corrected chi connectivity index (χ2v) is 3.54. The Kier molecular flexibility index (Phi) is 2.05. The number of rotatable bonds is 2. The van der Waals surface area contributed by atoms with Crippen molar-refractivity contribution in [3.8, 4) is 0 Å². The van der Waals surface area contributed by atoms with E-state index in [2.05, 4.69) is 11.4 Å². The van der Waals surface area contributed by atoms with Gasteiger partial charge in [0.25, 0.3) is 0 Å². The lowest BCUT2D eigenvalue weighted by Crippen LogP contribution is -2.07. The van der Waals surface area contributed by atoms with E-state index in [1.807, 2.05) is 18.2 Å². The van der Waals surface area contributed by atoms with Crippen LogP contribution in [0.25, 0.3) is 0 Å². The predicted octanol–water partition coefficient (Wildman–Crippen LogP) is 2.52. The van der Waals surface area contributed by atoms with Gasteiger partial charge in [0.05, 0.1) is 0 Å². The van der Waals surface area contributed by atoms with Gasteiger partial charge in [-0.1, -0.05) is 18.2 Å². The van der Waals surface area contributed by atoms with Crippen LogP contribution < -0.4 is 5.32 Å². The number of carbonyl (C=O) groups is 1. The van der Waals surface area contributed by atoms with Crippen molar-refractivity contribution >= 4 is 11.6 Å². The summed E-state index contributed by atoms with van der Waals surface area (Å²) in [5.74, 6) is 0.691.